The predicted octanol–water partition coefficient (Wildman–Crippen LogP) is 4.62. The maximum atomic E-state index is 11.8. The van der Waals surface area contributed by atoms with E-state index >= 15 is 0 Å². The van der Waals surface area contributed by atoms with Gasteiger partial charge < -0.3 is 86.2 Å². The summed E-state index contributed by atoms with van der Waals surface area (Å²) < 4.78 is 12.2. The van der Waals surface area contributed by atoms with Crippen molar-refractivity contribution >= 4 is 302 Å². The number of nitrogens with zero attached hydrogens (tertiary/aromatic N) is 9. The van der Waals surface area contributed by atoms with Crippen LogP contribution in [0.4, 0.5) is 42.4 Å². The molecule has 0 spiro atoms. The molecule has 532 valence electrons. The van der Waals surface area contributed by atoms with Gasteiger partial charge in [0.1, 0.15) is 37.4 Å². The first-order chi connectivity index (χ1) is 32.6. The number of amides is 9. The number of aromatic nitrogens is 8. The van der Waals surface area contributed by atoms with Crippen molar-refractivity contribution in [3.05, 3.63) is 37.2 Å². The molecule has 34 nitrogen and oxygen atoms in total. The molecule has 4 aromatic heterocycles. The smallest absolute Gasteiger partial charge is 0.342 e. The second kappa shape index (κ2) is 82.7. The number of aromatic amines is 2. The van der Waals surface area contributed by atoms with Crippen LogP contribution in [-0.4, -0.2) is 146 Å². The SMILES string of the molecule is CC(C)(C)N=COc1nc[nH]c1N.CNC(=O)N=CNC(=O)NC.CNC(=O)n1cnc(C(=O)NC(C)(C)C)c1N.CNC(=O)n1cnc(OCN)c1N.Cl.Cl.Cl.Cl.Cl.Cl.Cl.Cl.Cl.Cl.Cl.Cl.Cl.Cl.Cl.Cl.Cl.Cl.N#CC(N)C(N)=O.NC=O.Nc1cnc[nH]1. The molecular formula is C36H83Cl18N25O9. The Labute approximate surface area is 620 Å². The topological polar surface area (TPSA) is 560 Å². The maximum absolute atomic E-state index is 11.8. The fraction of sp³-hybridized carbons (Fsp3) is 0.389. The minimum atomic E-state index is -1.15. The lowest BCUT2D eigenvalue weighted by Crippen LogP contribution is -2.41. The van der Waals surface area contributed by atoms with Gasteiger partial charge in [-0.2, -0.15) is 15.2 Å². The first-order valence-corrected chi connectivity index (χ1v) is 19.5. The Kier molecular flexibility index (Phi) is 137. The van der Waals surface area contributed by atoms with Crippen LogP contribution in [0, 0.1) is 11.3 Å². The molecule has 0 aliphatic rings. The highest BCUT2D eigenvalue weighted by molar-refractivity contribution is 5.99. The number of halogens is 18. The average molecular weight is 1650 g/mol. The molecule has 52 heteroatoms. The van der Waals surface area contributed by atoms with Gasteiger partial charge in [0.15, 0.2) is 29.8 Å². The third kappa shape index (κ3) is 72.4. The summed E-state index contributed by atoms with van der Waals surface area (Å²) in [6.07, 6.45) is 9.65. The zero-order valence-electron chi connectivity index (χ0n) is 47.6. The molecule has 24 N–H and O–H groups in total. The largest absolute Gasteiger partial charge is 0.459 e. The number of imidazole rings is 4. The molecule has 0 radical (unpaired) electrons. The van der Waals surface area contributed by atoms with Crippen molar-refractivity contribution in [3.63, 3.8) is 0 Å². The third-order valence-corrected chi connectivity index (χ3v) is 6.38. The Balaban J connectivity index is -0.0000000313. The highest BCUT2D eigenvalue weighted by Crippen LogP contribution is 2.17. The lowest BCUT2D eigenvalue weighted by atomic mass is 10.1. The summed E-state index contributed by atoms with van der Waals surface area (Å²) in [6, 6.07) is -1.43. The lowest BCUT2D eigenvalue weighted by molar-refractivity contribution is -0.118. The molecule has 0 saturated carbocycles. The number of rotatable bonds is 7. The summed E-state index contributed by atoms with van der Waals surface area (Å²) in [5.74, 6) is 0.477. The first-order valence-electron chi connectivity index (χ1n) is 19.5. The van der Waals surface area contributed by atoms with Crippen LogP contribution in [0.3, 0.4) is 0 Å². The van der Waals surface area contributed by atoms with Gasteiger partial charge in [0.2, 0.25) is 12.3 Å². The number of nitrogen functional groups attached to an aromatic ring is 4. The summed E-state index contributed by atoms with van der Waals surface area (Å²) in [5, 5.41) is 22.1. The van der Waals surface area contributed by atoms with E-state index in [0.29, 0.717) is 17.5 Å². The Morgan fingerprint density at radius 2 is 1.14 bits per heavy atom. The minimum absolute atomic E-state index is 0. The number of hydrogen-bond acceptors (Lipinski definition) is 21. The number of urea groups is 2. The van der Waals surface area contributed by atoms with Crippen LogP contribution in [0.5, 0.6) is 11.8 Å². The van der Waals surface area contributed by atoms with Crippen LogP contribution < -0.4 is 87.2 Å². The van der Waals surface area contributed by atoms with Gasteiger partial charge in [-0.15, -0.1) is 223 Å². The Morgan fingerprint density at radius 1 is 0.693 bits per heavy atom. The molecule has 4 heterocycles. The molecule has 1 unspecified atom stereocenters. The number of aliphatic imine (C=N–C) groups is 2. The monoisotopic (exact) mass is 1640 g/mol. The van der Waals surface area contributed by atoms with Crippen molar-refractivity contribution in [1.29, 1.82) is 5.26 Å². The van der Waals surface area contributed by atoms with Gasteiger partial charge >= 0.3 is 24.1 Å². The number of primary amides is 2. The van der Waals surface area contributed by atoms with Crippen molar-refractivity contribution in [1.82, 2.24) is 70.9 Å². The van der Waals surface area contributed by atoms with E-state index in [1.165, 1.54) is 66.0 Å². The Hall–Kier alpha value is -4.30. The molecule has 0 saturated heterocycles. The van der Waals surface area contributed by atoms with Crippen LogP contribution in [0.15, 0.2) is 41.5 Å². The van der Waals surface area contributed by atoms with E-state index in [9.17, 15) is 28.8 Å². The summed E-state index contributed by atoms with van der Waals surface area (Å²) >= 11 is 0. The van der Waals surface area contributed by atoms with E-state index in [4.69, 9.17) is 53.9 Å². The number of anilines is 4. The van der Waals surface area contributed by atoms with Crippen LogP contribution >= 0.6 is 223 Å². The van der Waals surface area contributed by atoms with Crippen molar-refractivity contribution in [2.45, 2.75) is 58.7 Å². The van der Waals surface area contributed by atoms with Crippen LogP contribution in [0.25, 0.3) is 0 Å². The molecule has 9 amide bonds. The highest BCUT2D eigenvalue weighted by atomic mass is 35.5. The lowest BCUT2D eigenvalue weighted by Gasteiger charge is -2.19. The minimum Gasteiger partial charge on any atom is -0.459 e. The van der Waals surface area contributed by atoms with Crippen LogP contribution in [0.2, 0.25) is 0 Å². The van der Waals surface area contributed by atoms with E-state index in [2.05, 4.69) is 83.3 Å². The summed E-state index contributed by atoms with van der Waals surface area (Å²) in [6.45, 7) is 11.4. The number of H-pyrrole nitrogens is 2. The molecule has 88 heavy (non-hydrogen) atoms. The van der Waals surface area contributed by atoms with E-state index < -0.39 is 35.9 Å². The van der Waals surface area contributed by atoms with Crippen molar-refractivity contribution in [2.75, 3.05) is 57.9 Å². The third-order valence-electron chi connectivity index (χ3n) is 6.38. The number of nitrogens with two attached hydrogens (primary N) is 8. The summed E-state index contributed by atoms with van der Waals surface area (Å²) in [5.41, 5.74) is 40.0. The first kappa shape index (κ1) is 146. The number of nitriles is 1. The molecule has 0 bridgehead atoms. The number of carbonyl (C=O) groups excluding carboxylic acids is 7. The Bertz CT molecular complexity index is 2350. The zero-order chi connectivity index (χ0) is 54.6. The van der Waals surface area contributed by atoms with Gasteiger partial charge in [0, 0.05) is 33.7 Å². The molecular weight excluding hydrogens is 1560 g/mol. The predicted molar refractivity (Wildman–Crippen MR) is 389 cm³/mol. The molecule has 4 aromatic rings. The second-order valence-corrected chi connectivity index (χ2v) is 14.1. The number of carbonyl (C=O) groups is 7. The summed E-state index contributed by atoms with van der Waals surface area (Å²) in [4.78, 5) is 101. The van der Waals surface area contributed by atoms with Gasteiger partial charge in [0.25, 0.3) is 17.7 Å². The van der Waals surface area contributed by atoms with E-state index in [1.807, 2.05) is 41.5 Å². The van der Waals surface area contributed by atoms with Crippen LogP contribution in [0.1, 0.15) is 52.0 Å². The van der Waals surface area contributed by atoms with Crippen molar-refractivity contribution in [2.24, 2.45) is 32.9 Å². The summed E-state index contributed by atoms with van der Waals surface area (Å²) in [7, 11) is 5.87. The van der Waals surface area contributed by atoms with Crippen LogP contribution in [-0.2, 0) is 9.59 Å². The maximum Gasteiger partial charge on any atom is 0.342 e. The standard InChI is InChI=1S/C10H17N5O2.C8H14N4O.C6H11N5O2.C5H10N4O2.C3H5N3O.C3H5N3.CH3NO.18ClH/c1-10(2,3)14-8(16)6-7(11)15(5-13-6)9(17)12-4;1-8(2,3)12-5-13-7-6(9)10-4-11-7;1-9-6(12)11-3-10-5(4(11)8)13-2-7;1-6-4(10)8-3-9-5(11)7-2;4-1-2(5)3(6)7;4-3-1-5-2-6-3;2-1-3;;;;;;;;;;;;;;;;;;/h5H,11H2,1-4H3,(H,12,17)(H,14,16);4-5H,9H2,1-3H3,(H,10,11);3H,2,7-8H2,1H3,(H,9,12);3H,1-2H3,(H3,6,7,8,9,10,11);2H,5H2,(H2,6,7);1-2H,4H2,(H,5,6);1H,(H2,2,3);18*1H. The van der Waals surface area contributed by atoms with Gasteiger partial charge in [0.05, 0.1) is 30.5 Å². The number of hydrogen-bond donors (Lipinski definition) is 16. The average Bonchev–Trinajstić information content (AvgIpc) is 4.12. The number of ether oxygens (including phenoxy) is 2. The van der Waals surface area contributed by atoms with E-state index in [0.717, 1.165) is 15.5 Å². The fourth-order valence-corrected chi connectivity index (χ4v) is 3.27. The second-order valence-electron chi connectivity index (χ2n) is 14.1. The van der Waals surface area contributed by atoms with Crippen molar-refractivity contribution < 1.29 is 43.0 Å². The molecule has 0 aliphatic heterocycles. The van der Waals surface area contributed by atoms with Gasteiger partial charge in [-0.25, -0.2) is 43.3 Å². The molecule has 0 aromatic carbocycles. The van der Waals surface area contributed by atoms with Gasteiger partial charge in [-0.05, 0) is 41.5 Å². The molecule has 4 rings (SSSR count). The molecule has 0 fully saturated rings. The highest BCUT2D eigenvalue weighted by Gasteiger charge is 2.22. The molecule has 0 aliphatic carbocycles. The van der Waals surface area contributed by atoms with Gasteiger partial charge in [-0.3, -0.25) is 30.4 Å². The fourth-order valence-electron chi connectivity index (χ4n) is 3.27. The number of nitrogens with one attached hydrogen (secondary N) is 8. The Morgan fingerprint density at radius 3 is 1.43 bits per heavy atom. The molecule has 1 atom stereocenters. The quantitative estimate of drug-likeness (QED) is 0.0519. The van der Waals surface area contributed by atoms with Gasteiger partial charge in [-0.1, -0.05) is 0 Å². The normalized spacial score (nSPS) is 8.22. The van der Waals surface area contributed by atoms with E-state index in [-0.39, 0.29) is 277 Å². The van der Waals surface area contributed by atoms with Crippen molar-refractivity contribution in [3.8, 4) is 17.8 Å². The zero-order valence-corrected chi connectivity index (χ0v) is 62.3. The van der Waals surface area contributed by atoms with E-state index in [1.54, 1.807) is 6.20 Å².